The molecule has 0 saturated carbocycles. The number of carbonyl (C=O) groups excluding carboxylic acids is 1. The highest BCUT2D eigenvalue weighted by Gasteiger charge is 2.20. The van der Waals surface area contributed by atoms with Crippen molar-refractivity contribution in [2.75, 3.05) is 19.7 Å². The smallest absolute Gasteiger partial charge is 0.222 e. The van der Waals surface area contributed by atoms with Crippen molar-refractivity contribution in [1.29, 1.82) is 0 Å². The van der Waals surface area contributed by atoms with Crippen LogP contribution in [0.4, 0.5) is 0 Å². The van der Waals surface area contributed by atoms with Crippen molar-refractivity contribution in [3.05, 3.63) is 29.8 Å². The van der Waals surface area contributed by atoms with Crippen LogP contribution in [0.1, 0.15) is 39.2 Å². The lowest BCUT2D eigenvalue weighted by atomic mass is 10.1. The van der Waals surface area contributed by atoms with Crippen LogP contribution in [-0.4, -0.2) is 41.2 Å². The van der Waals surface area contributed by atoms with Gasteiger partial charge in [-0.2, -0.15) is 0 Å². The molecule has 0 bridgehead atoms. The zero-order chi connectivity index (χ0) is 15.9. The molecule has 1 N–H and O–H groups in total. The van der Waals surface area contributed by atoms with E-state index in [9.17, 15) is 9.90 Å². The Labute approximate surface area is 127 Å². The third-order valence-electron chi connectivity index (χ3n) is 3.20. The molecule has 0 atom stereocenters. The van der Waals surface area contributed by atoms with Gasteiger partial charge in [0, 0.05) is 19.5 Å². The van der Waals surface area contributed by atoms with Gasteiger partial charge in [0.15, 0.2) is 0 Å². The number of aryl methyl sites for hydroxylation is 1. The topological polar surface area (TPSA) is 49.8 Å². The van der Waals surface area contributed by atoms with Crippen molar-refractivity contribution in [3.8, 4) is 5.75 Å². The molecule has 0 radical (unpaired) electrons. The molecule has 4 heteroatoms. The van der Waals surface area contributed by atoms with Crippen molar-refractivity contribution in [1.82, 2.24) is 4.90 Å². The van der Waals surface area contributed by atoms with E-state index in [-0.39, 0.29) is 5.91 Å². The first kappa shape index (κ1) is 17.5. The van der Waals surface area contributed by atoms with Crippen molar-refractivity contribution in [2.45, 2.75) is 46.1 Å². The summed E-state index contributed by atoms with van der Waals surface area (Å²) in [6.07, 6.45) is 1.12. The van der Waals surface area contributed by atoms with E-state index in [0.29, 0.717) is 32.5 Å². The summed E-state index contributed by atoms with van der Waals surface area (Å²) in [5.74, 6) is 0.932. The predicted octanol–water partition coefficient (Wildman–Crippen LogP) is 2.77. The Morgan fingerprint density at radius 3 is 2.57 bits per heavy atom. The summed E-state index contributed by atoms with van der Waals surface area (Å²) >= 11 is 0. The van der Waals surface area contributed by atoms with E-state index in [1.165, 1.54) is 0 Å². The summed E-state index contributed by atoms with van der Waals surface area (Å²) in [4.78, 5) is 13.8. The summed E-state index contributed by atoms with van der Waals surface area (Å²) in [6.45, 7) is 8.85. The van der Waals surface area contributed by atoms with Gasteiger partial charge in [0.05, 0.1) is 12.2 Å². The van der Waals surface area contributed by atoms with Crippen LogP contribution in [-0.2, 0) is 4.79 Å². The number of likely N-dealkylation sites (N-methyl/N-ethyl adjacent to an activating group) is 1. The van der Waals surface area contributed by atoms with Gasteiger partial charge in [0.2, 0.25) is 5.91 Å². The summed E-state index contributed by atoms with van der Waals surface area (Å²) < 4.78 is 5.68. The zero-order valence-corrected chi connectivity index (χ0v) is 13.6. The van der Waals surface area contributed by atoms with E-state index in [1.807, 2.05) is 38.1 Å². The van der Waals surface area contributed by atoms with Gasteiger partial charge in [-0.05, 0) is 45.7 Å². The predicted molar refractivity (Wildman–Crippen MR) is 84.5 cm³/mol. The molecule has 0 unspecified atom stereocenters. The van der Waals surface area contributed by atoms with Gasteiger partial charge in [-0.3, -0.25) is 4.79 Å². The Morgan fingerprint density at radius 2 is 2.00 bits per heavy atom. The number of carbonyl (C=O) groups is 1. The molecule has 0 saturated heterocycles. The highest BCUT2D eigenvalue weighted by molar-refractivity contribution is 5.76. The minimum Gasteiger partial charge on any atom is -0.493 e. The fraction of sp³-hybridized carbons (Fsp3) is 0.588. The standard InChI is InChI=1S/C17H27NO3/c1-5-18(13-17(3,4)20)16(19)11-8-12-21-15-10-7-6-9-14(15)2/h6-7,9-10,20H,5,8,11-13H2,1-4H3. The van der Waals surface area contributed by atoms with Crippen molar-refractivity contribution in [3.63, 3.8) is 0 Å². The molecule has 0 aliphatic carbocycles. The highest BCUT2D eigenvalue weighted by atomic mass is 16.5. The summed E-state index contributed by atoms with van der Waals surface area (Å²) in [6, 6.07) is 7.85. The fourth-order valence-corrected chi connectivity index (χ4v) is 2.13. The Kier molecular flexibility index (Phi) is 6.69. The first-order valence-electron chi connectivity index (χ1n) is 7.52. The number of aliphatic hydroxyl groups is 1. The van der Waals surface area contributed by atoms with Gasteiger partial charge >= 0.3 is 0 Å². The average molecular weight is 293 g/mol. The van der Waals surface area contributed by atoms with Crippen LogP contribution in [0.5, 0.6) is 5.75 Å². The van der Waals surface area contributed by atoms with Gasteiger partial charge in [0.25, 0.3) is 0 Å². The van der Waals surface area contributed by atoms with E-state index < -0.39 is 5.60 Å². The Morgan fingerprint density at radius 1 is 1.33 bits per heavy atom. The Balaban J connectivity index is 2.34. The van der Waals surface area contributed by atoms with Gasteiger partial charge < -0.3 is 14.7 Å². The molecule has 1 aromatic rings. The van der Waals surface area contributed by atoms with Crippen LogP contribution in [0.2, 0.25) is 0 Å². The van der Waals surface area contributed by atoms with Crippen molar-refractivity contribution in [2.24, 2.45) is 0 Å². The fourth-order valence-electron chi connectivity index (χ4n) is 2.13. The molecule has 0 fully saturated rings. The van der Waals surface area contributed by atoms with Crippen LogP contribution in [0.25, 0.3) is 0 Å². The minimum absolute atomic E-state index is 0.0630. The lowest BCUT2D eigenvalue weighted by Crippen LogP contribution is -2.42. The van der Waals surface area contributed by atoms with Gasteiger partial charge in [0.1, 0.15) is 5.75 Å². The maximum absolute atomic E-state index is 12.1. The second kappa shape index (κ2) is 8.03. The number of para-hydroxylation sites is 1. The molecule has 1 aromatic carbocycles. The number of hydrogen-bond acceptors (Lipinski definition) is 3. The Hall–Kier alpha value is -1.55. The maximum Gasteiger partial charge on any atom is 0.222 e. The maximum atomic E-state index is 12.1. The largest absolute Gasteiger partial charge is 0.493 e. The quantitative estimate of drug-likeness (QED) is 0.750. The highest BCUT2D eigenvalue weighted by Crippen LogP contribution is 2.16. The van der Waals surface area contributed by atoms with E-state index in [4.69, 9.17) is 4.74 Å². The summed E-state index contributed by atoms with van der Waals surface area (Å²) in [7, 11) is 0. The molecule has 118 valence electrons. The molecule has 1 rings (SSSR count). The summed E-state index contributed by atoms with van der Waals surface area (Å²) in [5.41, 5.74) is 0.240. The normalized spacial score (nSPS) is 11.3. The van der Waals surface area contributed by atoms with Crippen molar-refractivity contribution < 1.29 is 14.6 Å². The van der Waals surface area contributed by atoms with E-state index in [0.717, 1.165) is 11.3 Å². The number of benzene rings is 1. The molecule has 0 aliphatic rings. The van der Waals surface area contributed by atoms with Gasteiger partial charge in [-0.15, -0.1) is 0 Å². The Bertz CT molecular complexity index is 452. The number of hydrogen-bond donors (Lipinski definition) is 1. The van der Waals surface area contributed by atoms with Crippen molar-refractivity contribution >= 4 is 5.91 Å². The molecule has 0 heterocycles. The second-order valence-electron chi connectivity index (χ2n) is 5.94. The third kappa shape index (κ3) is 6.63. The monoisotopic (exact) mass is 293 g/mol. The lowest BCUT2D eigenvalue weighted by Gasteiger charge is -2.28. The zero-order valence-electron chi connectivity index (χ0n) is 13.6. The lowest BCUT2D eigenvalue weighted by molar-refractivity contribution is -0.134. The van der Waals surface area contributed by atoms with Gasteiger partial charge in [-0.25, -0.2) is 0 Å². The molecule has 0 spiro atoms. The number of rotatable bonds is 8. The number of amides is 1. The molecule has 21 heavy (non-hydrogen) atoms. The second-order valence-corrected chi connectivity index (χ2v) is 5.94. The van der Waals surface area contributed by atoms with E-state index in [1.54, 1.807) is 18.7 Å². The summed E-state index contributed by atoms with van der Waals surface area (Å²) in [5, 5.41) is 9.80. The molecular formula is C17H27NO3. The third-order valence-corrected chi connectivity index (χ3v) is 3.20. The number of nitrogens with zero attached hydrogens (tertiary/aromatic N) is 1. The first-order valence-corrected chi connectivity index (χ1v) is 7.52. The molecule has 1 amide bonds. The van der Waals surface area contributed by atoms with Crippen LogP contribution in [0, 0.1) is 6.92 Å². The molecule has 4 nitrogen and oxygen atoms in total. The van der Waals surface area contributed by atoms with Crippen LogP contribution in [0.3, 0.4) is 0 Å². The van der Waals surface area contributed by atoms with Crippen LogP contribution < -0.4 is 4.74 Å². The first-order chi connectivity index (χ1) is 9.83. The molecule has 0 aliphatic heterocycles. The molecule has 0 aromatic heterocycles. The molecular weight excluding hydrogens is 266 g/mol. The number of ether oxygens (including phenoxy) is 1. The van der Waals surface area contributed by atoms with Crippen LogP contribution >= 0.6 is 0 Å². The van der Waals surface area contributed by atoms with E-state index >= 15 is 0 Å². The average Bonchev–Trinajstić information content (AvgIpc) is 2.41. The van der Waals surface area contributed by atoms with Gasteiger partial charge in [-0.1, -0.05) is 18.2 Å². The van der Waals surface area contributed by atoms with E-state index in [2.05, 4.69) is 0 Å². The SMILES string of the molecule is CCN(CC(C)(C)O)C(=O)CCCOc1ccccc1C. The minimum atomic E-state index is -0.858. The van der Waals surface area contributed by atoms with Crippen LogP contribution in [0.15, 0.2) is 24.3 Å².